The minimum absolute atomic E-state index is 0.161. The van der Waals surface area contributed by atoms with Crippen molar-refractivity contribution < 1.29 is 9.59 Å². The van der Waals surface area contributed by atoms with Crippen molar-refractivity contribution in [3.05, 3.63) is 59.5 Å². The first-order valence-electron chi connectivity index (χ1n) is 8.20. The Labute approximate surface area is 151 Å². The summed E-state index contributed by atoms with van der Waals surface area (Å²) in [6, 6.07) is 10.6. The normalized spacial score (nSPS) is 10.7. The topological polar surface area (TPSA) is 93.2 Å². The lowest BCUT2D eigenvalue weighted by Gasteiger charge is -2.12. The highest BCUT2D eigenvalue weighted by atomic mass is 16.2. The van der Waals surface area contributed by atoms with E-state index >= 15 is 0 Å². The molecular weight excluding hydrogens is 330 g/mol. The number of nitrogens with one attached hydrogen (secondary N) is 1. The van der Waals surface area contributed by atoms with Gasteiger partial charge in [0, 0.05) is 42.6 Å². The summed E-state index contributed by atoms with van der Waals surface area (Å²) in [6.45, 7) is 2.12. The minimum Gasteiger partial charge on any atom is -0.398 e. The number of benzene rings is 1. The van der Waals surface area contributed by atoms with Crippen molar-refractivity contribution in [3.63, 3.8) is 0 Å². The van der Waals surface area contributed by atoms with E-state index in [0.717, 1.165) is 16.6 Å². The average Bonchev–Trinajstić information content (AvgIpc) is 2.96. The molecule has 0 aliphatic rings. The maximum Gasteiger partial charge on any atom is 0.317 e. The fraction of sp³-hybridized carbons (Fsp3) is 0.211. The molecule has 0 fully saturated rings. The Morgan fingerprint density at radius 3 is 2.73 bits per heavy atom. The molecule has 26 heavy (non-hydrogen) atoms. The largest absolute Gasteiger partial charge is 0.398 e. The van der Waals surface area contributed by atoms with Crippen LogP contribution in [0.25, 0.3) is 10.9 Å². The van der Waals surface area contributed by atoms with Crippen LogP contribution in [0.2, 0.25) is 0 Å². The summed E-state index contributed by atoms with van der Waals surface area (Å²) < 4.78 is 1.64. The highest BCUT2D eigenvalue weighted by Crippen LogP contribution is 2.25. The summed E-state index contributed by atoms with van der Waals surface area (Å²) >= 11 is 0. The zero-order chi connectivity index (χ0) is 18.8. The van der Waals surface area contributed by atoms with Gasteiger partial charge in [0.2, 0.25) is 0 Å². The van der Waals surface area contributed by atoms with E-state index in [1.54, 1.807) is 37.0 Å². The van der Waals surface area contributed by atoms with Crippen molar-refractivity contribution >= 4 is 28.5 Å². The molecule has 7 heteroatoms. The quantitative estimate of drug-likeness (QED) is 0.709. The summed E-state index contributed by atoms with van der Waals surface area (Å²) in [7, 11) is 3.32. The Balaban J connectivity index is 1.92. The molecule has 0 aliphatic carbocycles. The number of pyridine rings is 1. The first kappa shape index (κ1) is 17.5. The molecular formula is C19H21N5O2. The monoisotopic (exact) mass is 351 g/mol. The smallest absolute Gasteiger partial charge is 0.317 e. The van der Waals surface area contributed by atoms with Crippen LogP contribution < -0.4 is 11.1 Å². The summed E-state index contributed by atoms with van der Waals surface area (Å²) in [5, 5.41) is 3.59. The Bertz CT molecular complexity index is 991. The maximum absolute atomic E-state index is 13.1. The van der Waals surface area contributed by atoms with Crippen LogP contribution in [0.5, 0.6) is 0 Å². The first-order valence-corrected chi connectivity index (χ1v) is 8.20. The molecule has 3 aromatic rings. The predicted octanol–water partition coefficient (Wildman–Crippen LogP) is 2.39. The summed E-state index contributed by atoms with van der Waals surface area (Å²) in [5.41, 5.74) is 9.34. The van der Waals surface area contributed by atoms with Gasteiger partial charge < -0.3 is 16.0 Å². The van der Waals surface area contributed by atoms with Crippen molar-refractivity contribution in [2.45, 2.75) is 13.5 Å². The van der Waals surface area contributed by atoms with E-state index in [0.29, 0.717) is 16.9 Å². The lowest BCUT2D eigenvalue weighted by molar-refractivity contribution is 0.0963. The molecule has 0 unspecified atom stereocenters. The Kier molecular flexibility index (Phi) is 4.62. The Morgan fingerprint density at radius 1 is 1.23 bits per heavy atom. The standard InChI is InChI=1S/C19H21N5O2/c1-12-9-15-16(20)5-4-6-17(15)24(12)18(25)13-7-8-21-14(10-13)11-22-19(26)23(2)3/h4-10H,11,20H2,1-3H3,(H,22,26). The van der Waals surface area contributed by atoms with Gasteiger partial charge in [-0.15, -0.1) is 0 Å². The molecule has 0 aliphatic heterocycles. The van der Waals surface area contributed by atoms with Gasteiger partial charge in [-0.25, -0.2) is 4.79 Å². The van der Waals surface area contributed by atoms with Gasteiger partial charge in [0.15, 0.2) is 0 Å². The molecule has 1 aromatic carbocycles. The fourth-order valence-corrected chi connectivity index (χ4v) is 2.82. The number of aryl methyl sites for hydroxylation is 1. The SMILES string of the molecule is Cc1cc2c(N)cccc2n1C(=O)c1ccnc(CNC(=O)N(C)C)c1. The van der Waals surface area contributed by atoms with Crippen molar-refractivity contribution in [1.29, 1.82) is 0 Å². The molecule has 0 bridgehead atoms. The van der Waals surface area contributed by atoms with Crippen LogP contribution in [-0.4, -0.2) is 40.5 Å². The number of hydrogen-bond donors (Lipinski definition) is 2. The second-order valence-corrected chi connectivity index (χ2v) is 6.30. The van der Waals surface area contributed by atoms with E-state index in [-0.39, 0.29) is 18.5 Å². The minimum atomic E-state index is -0.216. The van der Waals surface area contributed by atoms with E-state index in [1.165, 1.54) is 4.90 Å². The molecule has 2 amide bonds. The summed E-state index contributed by atoms with van der Waals surface area (Å²) in [5.74, 6) is -0.161. The second-order valence-electron chi connectivity index (χ2n) is 6.30. The molecule has 2 aromatic heterocycles. The zero-order valence-corrected chi connectivity index (χ0v) is 15.0. The van der Waals surface area contributed by atoms with Crippen LogP contribution in [0.4, 0.5) is 10.5 Å². The highest BCUT2D eigenvalue weighted by Gasteiger charge is 2.16. The maximum atomic E-state index is 13.1. The van der Waals surface area contributed by atoms with Gasteiger partial charge >= 0.3 is 6.03 Å². The third kappa shape index (κ3) is 3.23. The molecule has 3 rings (SSSR count). The predicted molar refractivity (Wildman–Crippen MR) is 101 cm³/mol. The van der Waals surface area contributed by atoms with Crippen LogP contribution in [-0.2, 0) is 6.54 Å². The number of nitrogens with zero attached hydrogens (tertiary/aromatic N) is 3. The van der Waals surface area contributed by atoms with Crippen molar-refractivity contribution in [2.75, 3.05) is 19.8 Å². The van der Waals surface area contributed by atoms with Crippen molar-refractivity contribution in [1.82, 2.24) is 19.8 Å². The van der Waals surface area contributed by atoms with Crippen LogP contribution in [0.3, 0.4) is 0 Å². The average molecular weight is 351 g/mol. The summed E-state index contributed by atoms with van der Waals surface area (Å²) in [4.78, 5) is 30.4. The second kappa shape index (κ2) is 6.87. The highest BCUT2D eigenvalue weighted by molar-refractivity contribution is 6.05. The van der Waals surface area contributed by atoms with Gasteiger partial charge in [-0.2, -0.15) is 0 Å². The number of amides is 2. The van der Waals surface area contributed by atoms with Gasteiger partial charge in [0.05, 0.1) is 17.8 Å². The van der Waals surface area contributed by atoms with E-state index in [1.807, 2.05) is 31.2 Å². The van der Waals surface area contributed by atoms with E-state index in [4.69, 9.17) is 5.73 Å². The lowest BCUT2D eigenvalue weighted by Crippen LogP contribution is -2.34. The van der Waals surface area contributed by atoms with E-state index in [2.05, 4.69) is 10.3 Å². The molecule has 134 valence electrons. The number of rotatable bonds is 3. The van der Waals surface area contributed by atoms with Crippen LogP contribution in [0.15, 0.2) is 42.6 Å². The number of carbonyl (C=O) groups is 2. The fourth-order valence-electron chi connectivity index (χ4n) is 2.82. The number of fused-ring (bicyclic) bond motifs is 1. The van der Waals surface area contributed by atoms with Gasteiger partial charge in [0.1, 0.15) is 0 Å². The van der Waals surface area contributed by atoms with Crippen LogP contribution in [0.1, 0.15) is 21.7 Å². The molecule has 0 saturated heterocycles. The van der Waals surface area contributed by atoms with E-state index < -0.39 is 0 Å². The third-order valence-corrected chi connectivity index (χ3v) is 4.16. The number of aromatic nitrogens is 2. The Morgan fingerprint density at radius 2 is 2.00 bits per heavy atom. The molecule has 2 heterocycles. The Hall–Kier alpha value is -3.35. The van der Waals surface area contributed by atoms with Crippen LogP contribution in [0, 0.1) is 6.92 Å². The number of hydrogen-bond acceptors (Lipinski definition) is 4. The molecule has 0 spiro atoms. The van der Waals surface area contributed by atoms with E-state index in [9.17, 15) is 9.59 Å². The number of nitrogens with two attached hydrogens (primary N) is 1. The van der Waals surface area contributed by atoms with Gasteiger partial charge in [-0.3, -0.25) is 14.3 Å². The molecule has 7 nitrogen and oxygen atoms in total. The lowest BCUT2D eigenvalue weighted by atomic mass is 10.2. The number of nitrogen functional groups attached to an aromatic ring is 1. The molecule has 0 radical (unpaired) electrons. The number of urea groups is 1. The van der Waals surface area contributed by atoms with Gasteiger partial charge in [-0.1, -0.05) is 6.07 Å². The van der Waals surface area contributed by atoms with Crippen molar-refractivity contribution in [2.24, 2.45) is 0 Å². The summed E-state index contributed by atoms with van der Waals surface area (Å²) in [6.07, 6.45) is 1.57. The van der Waals surface area contributed by atoms with Crippen LogP contribution >= 0.6 is 0 Å². The van der Waals surface area contributed by atoms with Gasteiger partial charge in [-0.05, 0) is 37.3 Å². The van der Waals surface area contributed by atoms with Gasteiger partial charge in [0.25, 0.3) is 5.91 Å². The molecule has 0 saturated carbocycles. The van der Waals surface area contributed by atoms with Crippen molar-refractivity contribution in [3.8, 4) is 0 Å². The first-order chi connectivity index (χ1) is 12.4. The number of carbonyl (C=O) groups excluding carboxylic acids is 2. The molecule has 3 N–H and O–H groups in total. The third-order valence-electron chi connectivity index (χ3n) is 4.16. The molecule has 0 atom stereocenters. The number of anilines is 1. The zero-order valence-electron chi connectivity index (χ0n) is 15.0.